The topological polar surface area (TPSA) is 74.7 Å². The summed E-state index contributed by atoms with van der Waals surface area (Å²) in [5, 5.41) is 13.3. The summed E-state index contributed by atoms with van der Waals surface area (Å²) in [4.78, 5) is 18.7. The molecule has 2 unspecified atom stereocenters. The molecule has 1 aromatic carbocycles. The number of hydrogen-bond acceptors (Lipinski definition) is 5. The van der Waals surface area contributed by atoms with Gasteiger partial charge in [0.25, 0.3) is 0 Å². The molecule has 2 fully saturated rings. The van der Waals surface area contributed by atoms with E-state index in [0.29, 0.717) is 17.8 Å². The van der Waals surface area contributed by atoms with Crippen LogP contribution in [0, 0.1) is 11.7 Å². The molecule has 29 heavy (non-hydrogen) atoms. The van der Waals surface area contributed by atoms with Crippen molar-refractivity contribution in [1.29, 1.82) is 0 Å². The number of carbonyl (C=O) groups is 1. The highest BCUT2D eigenvalue weighted by Gasteiger charge is 2.42. The Bertz CT molecular complexity index is 889. The average Bonchev–Trinajstić information content (AvgIpc) is 3.12. The minimum atomic E-state index is -0.662. The molecular formula is C21H28FN3O3S. The Morgan fingerprint density at radius 2 is 2.07 bits per heavy atom. The van der Waals surface area contributed by atoms with E-state index in [-0.39, 0.29) is 36.0 Å². The van der Waals surface area contributed by atoms with Crippen molar-refractivity contribution in [3.05, 3.63) is 23.5 Å². The molecule has 1 saturated heterocycles. The lowest BCUT2D eigenvalue weighted by molar-refractivity contribution is -0.0121. The van der Waals surface area contributed by atoms with E-state index in [1.165, 1.54) is 23.5 Å². The SMILES string of the molecule is CC1C(Oc2cc(F)cc3scnc23)CN1C(=O)NC1CCC(C(C)(C)O)CC1. The van der Waals surface area contributed by atoms with Crippen LogP contribution in [0.25, 0.3) is 10.2 Å². The van der Waals surface area contributed by atoms with Crippen LogP contribution in [0.2, 0.25) is 0 Å². The molecule has 1 aliphatic carbocycles. The lowest BCUT2D eigenvalue weighted by atomic mass is 9.77. The fraction of sp³-hybridized carbons (Fsp3) is 0.619. The van der Waals surface area contributed by atoms with E-state index < -0.39 is 5.60 Å². The van der Waals surface area contributed by atoms with Crippen molar-refractivity contribution in [1.82, 2.24) is 15.2 Å². The summed E-state index contributed by atoms with van der Waals surface area (Å²) >= 11 is 1.37. The summed E-state index contributed by atoms with van der Waals surface area (Å²) in [6, 6.07) is 2.78. The number of amides is 2. The molecule has 0 bridgehead atoms. The number of halogens is 1. The van der Waals surface area contributed by atoms with E-state index in [4.69, 9.17) is 4.74 Å². The first kappa shape index (κ1) is 20.3. The highest BCUT2D eigenvalue weighted by molar-refractivity contribution is 7.16. The fourth-order valence-electron chi connectivity index (χ4n) is 4.34. The lowest BCUT2D eigenvalue weighted by Gasteiger charge is -2.46. The number of rotatable bonds is 4. The number of nitrogens with one attached hydrogen (secondary N) is 1. The summed E-state index contributed by atoms with van der Waals surface area (Å²) in [6.45, 7) is 6.12. The van der Waals surface area contributed by atoms with Crippen LogP contribution in [0.3, 0.4) is 0 Å². The third-order valence-electron chi connectivity index (χ3n) is 6.37. The van der Waals surface area contributed by atoms with E-state index in [0.717, 1.165) is 30.4 Å². The Morgan fingerprint density at radius 3 is 2.72 bits per heavy atom. The molecule has 6 nitrogen and oxygen atoms in total. The van der Waals surface area contributed by atoms with Gasteiger partial charge in [0.15, 0.2) is 0 Å². The number of benzene rings is 1. The van der Waals surface area contributed by atoms with Crippen molar-refractivity contribution >= 4 is 27.6 Å². The molecule has 4 rings (SSSR count). The minimum absolute atomic E-state index is 0.0814. The lowest BCUT2D eigenvalue weighted by Crippen LogP contribution is -2.65. The molecule has 0 spiro atoms. The Kier molecular flexibility index (Phi) is 5.42. The number of hydrogen-bond donors (Lipinski definition) is 2. The summed E-state index contributed by atoms with van der Waals surface area (Å²) in [5.41, 5.74) is 1.67. The van der Waals surface area contributed by atoms with Crippen LogP contribution in [-0.4, -0.2) is 51.4 Å². The van der Waals surface area contributed by atoms with Gasteiger partial charge in [-0.3, -0.25) is 0 Å². The number of likely N-dealkylation sites (tertiary alicyclic amines) is 1. The van der Waals surface area contributed by atoms with Gasteiger partial charge in [0, 0.05) is 12.1 Å². The van der Waals surface area contributed by atoms with Crippen molar-refractivity contribution < 1.29 is 19.0 Å². The number of aromatic nitrogens is 1. The van der Waals surface area contributed by atoms with Crippen molar-refractivity contribution in [2.24, 2.45) is 5.92 Å². The number of fused-ring (bicyclic) bond motifs is 1. The summed E-state index contributed by atoms with van der Waals surface area (Å²) in [7, 11) is 0. The third-order valence-corrected chi connectivity index (χ3v) is 7.14. The maximum absolute atomic E-state index is 13.8. The largest absolute Gasteiger partial charge is 0.484 e. The second-order valence-corrected chi connectivity index (χ2v) is 9.69. The predicted octanol–water partition coefficient (Wildman–Crippen LogP) is 3.93. The van der Waals surface area contributed by atoms with Gasteiger partial charge >= 0.3 is 6.03 Å². The van der Waals surface area contributed by atoms with Gasteiger partial charge in [0.1, 0.15) is 23.2 Å². The van der Waals surface area contributed by atoms with Crippen LogP contribution in [0.15, 0.2) is 17.6 Å². The Labute approximate surface area is 174 Å². The third kappa shape index (κ3) is 4.19. The van der Waals surface area contributed by atoms with E-state index in [9.17, 15) is 14.3 Å². The van der Waals surface area contributed by atoms with E-state index >= 15 is 0 Å². The van der Waals surface area contributed by atoms with Gasteiger partial charge < -0.3 is 20.1 Å². The first-order valence-corrected chi connectivity index (χ1v) is 11.1. The molecule has 2 aliphatic rings. The van der Waals surface area contributed by atoms with Crippen LogP contribution in [-0.2, 0) is 0 Å². The average molecular weight is 422 g/mol. The van der Waals surface area contributed by atoms with Gasteiger partial charge in [-0.15, -0.1) is 11.3 Å². The molecule has 2 heterocycles. The van der Waals surface area contributed by atoms with Gasteiger partial charge in [0.05, 0.1) is 28.4 Å². The van der Waals surface area contributed by atoms with Gasteiger partial charge in [-0.1, -0.05) is 0 Å². The number of carbonyl (C=O) groups excluding carboxylic acids is 1. The van der Waals surface area contributed by atoms with Crippen molar-refractivity contribution in [3.63, 3.8) is 0 Å². The van der Waals surface area contributed by atoms with Crippen LogP contribution < -0.4 is 10.1 Å². The standard InChI is InChI=1S/C21H28FN3O3S/c1-12-17(28-16-8-14(22)9-18-19(16)23-11-29-18)10-25(12)20(26)24-15-6-4-13(5-7-15)21(2,3)27/h8-9,11-13,15,17,27H,4-7,10H2,1-3H3,(H,24,26). The molecule has 158 valence electrons. The molecule has 1 aromatic heterocycles. The second-order valence-electron chi connectivity index (χ2n) is 8.80. The zero-order chi connectivity index (χ0) is 20.8. The van der Waals surface area contributed by atoms with E-state index in [1.54, 1.807) is 10.4 Å². The molecule has 1 saturated carbocycles. The normalized spacial score (nSPS) is 27.6. The minimum Gasteiger partial charge on any atom is -0.484 e. The zero-order valence-corrected chi connectivity index (χ0v) is 17.8. The van der Waals surface area contributed by atoms with Crippen molar-refractivity contribution in [2.75, 3.05) is 6.54 Å². The van der Waals surface area contributed by atoms with Gasteiger partial charge in [-0.05, 0) is 58.4 Å². The monoisotopic (exact) mass is 421 g/mol. The number of nitrogens with zero attached hydrogens (tertiary/aromatic N) is 2. The molecule has 1 aliphatic heterocycles. The van der Waals surface area contributed by atoms with Crippen LogP contribution in [0.4, 0.5) is 9.18 Å². The maximum atomic E-state index is 13.8. The molecule has 2 N–H and O–H groups in total. The van der Waals surface area contributed by atoms with Gasteiger partial charge in [-0.25, -0.2) is 14.2 Å². The van der Waals surface area contributed by atoms with Gasteiger partial charge in [-0.2, -0.15) is 0 Å². The Morgan fingerprint density at radius 1 is 1.34 bits per heavy atom. The van der Waals surface area contributed by atoms with E-state index in [1.807, 2.05) is 20.8 Å². The number of thiazole rings is 1. The molecule has 2 aromatic rings. The molecule has 8 heteroatoms. The Hall–Kier alpha value is -1.93. The van der Waals surface area contributed by atoms with E-state index in [2.05, 4.69) is 10.3 Å². The van der Waals surface area contributed by atoms with Crippen LogP contribution in [0.1, 0.15) is 46.5 Å². The number of aliphatic hydroxyl groups is 1. The fourth-order valence-corrected chi connectivity index (χ4v) is 5.05. The molecular weight excluding hydrogens is 393 g/mol. The molecule has 0 radical (unpaired) electrons. The first-order chi connectivity index (χ1) is 13.7. The Balaban J connectivity index is 1.30. The highest BCUT2D eigenvalue weighted by Crippen LogP contribution is 2.34. The molecule has 2 atom stereocenters. The summed E-state index contributed by atoms with van der Waals surface area (Å²) in [6.07, 6.45) is 3.41. The summed E-state index contributed by atoms with van der Waals surface area (Å²) in [5.74, 6) is 0.369. The van der Waals surface area contributed by atoms with Crippen molar-refractivity contribution in [3.8, 4) is 5.75 Å². The van der Waals surface area contributed by atoms with Crippen LogP contribution in [0.5, 0.6) is 5.75 Å². The van der Waals surface area contributed by atoms with Crippen molar-refractivity contribution in [2.45, 2.75) is 70.2 Å². The predicted molar refractivity (Wildman–Crippen MR) is 111 cm³/mol. The highest BCUT2D eigenvalue weighted by atomic mass is 32.1. The quantitative estimate of drug-likeness (QED) is 0.785. The number of ether oxygens (including phenoxy) is 1. The maximum Gasteiger partial charge on any atom is 0.318 e. The zero-order valence-electron chi connectivity index (χ0n) is 17.0. The second kappa shape index (κ2) is 7.72. The number of urea groups is 1. The summed E-state index contributed by atoms with van der Waals surface area (Å²) < 4.78 is 20.6. The smallest absolute Gasteiger partial charge is 0.318 e. The van der Waals surface area contributed by atoms with Gasteiger partial charge in [0.2, 0.25) is 0 Å². The van der Waals surface area contributed by atoms with Crippen LogP contribution >= 0.6 is 11.3 Å². The first-order valence-electron chi connectivity index (χ1n) is 10.2. The molecule has 2 amide bonds.